The molecule has 1 aromatic heterocycles. The van der Waals surface area contributed by atoms with E-state index in [0.717, 1.165) is 43.2 Å². The normalized spacial score (nSPS) is 15.7. The quantitative estimate of drug-likeness (QED) is 0.825. The largest absolute Gasteiger partial charge is 0.339 e. The van der Waals surface area contributed by atoms with E-state index in [1.54, 1.807) is 30.4 Å². The van der Waals surface area contributed by atoms with Crippen LogP contribution < -0.4 is 5.73 Å². The number of thiophene rings is 1. The lowest BCUT2D eigenvalue weighted by Crippen LogP contribution is -2.52. The zero-order valence-corrected chi connectivity index (χ0v) is 17.0. The number of halogens is 3. The number of hydrogen-bond acceptors (Lipinski definition) is 4. The Labute approximate surface area is 170 Å². The summed E-state index contributed by atoms with van der Waals surface area (Å²) in [6, 6.07) is 10.4. The number of rotatable bonds is 4. The van der Waals surface area contributed by atoms with Crippen LogP contribution in [0.3, 0.4) is 0 Å². The highest BCUT2D eigenvalue weighted by atomic mass is 35.5. The van der Waals surface area contributed by atoms with Crippen LogP contribution in [0.25, 0.3) is 10.4 Å². The fourth-order valence-electron chi connectivity index (χ4n) is 2.89. The Balaban J connectivity index is 0.00000169. The maximum Gasteiger partial charge on any atom is 0.239 e. The second-order valence-electron chi connectivity index (χ2n) is 6.17. The summed E-state index contributed by atoms with van der Waals surface area (Å²) in [5.74, 6) is -0.184. The minimum absolute atomic E-state index is 0. The molecule has 1 fully saturated rings. The molecule has 1 aliphatic rings. The first kappa shape index (κ1) is 22.9. The summed E-state index contributed by atoms with van der Waals surface area (Å²) in [5, 5.41) is 0. The van der Waals surface area contributed by atoms with E-state index in [1.807, 2.05) is 17.0 Å². The molecule has 144 valence electrons. The summed E-state index contributed by atoms with van der Waals surface area (Å²) in [5.41, 5.74) is 6.58. The van der Waals surface area contributed by atoms with E-state index in [9.17, 15) is 9.18 Å². The van der Waals surface area contributed by atoms with E-state index >= 15 is 0 Å². The first-order chi connectivity index (χ1) is 11.5. The molecule has 0 spiro atoms. The average Bonchev–Trinajstić information content (AvgIpc) is 3.03. The monoisotopic (exact) mass is 419 g/mol. The molecular weight excluding hydrogens is 396 g/mol. The van der Waals surface area contributed by atoms with Crippen LogP contribution in [0.5, 0.6) is 0 Å². The molecule has 8 heteroatoms. The first-order valence-electron chi connectivity index (χ1n) is 8.14. The van der Waals surface area contributed by atoms with Crippen molar-refractivity contribution in [2.75, 3.05) is 26.2 Å². The van der Waals surface area contributed by atoms with Crippen molar-refractivity contribution in [1.82, 2.24) is 9.80 Å². The van der Waals surface area contributed by atoms with Gasteiger partial charge in [-0.3, -0.25) is 9.69 Å². The lowest BCUT2D eigenvalue weighted by Gasteiger charge is -2.35. The Morgan fingerprint density at radius 2 is 1.88 bits per heavy atom. The van der Waals surface area contributed by atoms with E-state index in [1.165, 1.54) is 10.9 Å². The lowest BCUT2D eigenvalue weighted by molar-refractivity contribution is -0.134. The summed E-state index contributed by atoms with van der Waals surface area (Å²) in [4.78, 5) is 18.4. The highest BCUT2D eigenvalue weighted by molar-refractivity contribution is 7.15. The van der Waals surface area contributed by atoms with Crippen molar-refractivity contribution in [3.63, 3.8) is 0 Å². The molecule has 0 unspecified atom stereocenters. The van der Waals surface area contributed by atoms with Crippen LogP contribution in [0.15, 0.2) is 36.4 Å². The maximum absolute atomic E-state index is 13.3. The molecule has 26 heavy (non-hydrogen) atoms. The first-order valence-corrected chi connectivity index (χ1v) is 8.96. The highest BCUT2D eigenvalue weighted by Crippen LogP contribution is 2.29. The standard InChI is InChI=1S/C18H22FN3OS.2ClH/c1-13(20)18(23)22-9-7-21(8-10-22)12-16-5-6-17(24-16)14-3-2-4-15(19)11-14;;/h2-6,11,13H,7-10,12,20H2,1H3;2*1H/t13-;;/m1../s1. The lowest BCUT2D eigenvalue weighted by atomic mass is 10.2. The van der Waals surface area contributed by atoms with Crippen molar-refractivity contribution in [1.29, 1.82) is 0 Å². The van der Waals surface area contributed by atoms with E-state index in [4.69, 9.17) is 5.73 Å². The van der Waals surface area contributed by atoms with Gasteiger partial charge >= 0.3 is 0 Å². The summed E-state index contributed by atoms with van der Waals surface area (Å²) >= 11 is 1.69. The molecule has 1 aliphatic heterocycles. The number of carbonyl (C=O) groups excluding carboxylic acids is 1. The fraction of sp³-hybridized carbons (Fsp3) is 0.389. The minimum Gasteiger partial charge on any atom is -0.339 e. The molecule has 2 aromatic rings. The van der Waals surface area contributed by atoms with Gasteiger partial charge in [-0.25, -0.2) is 4.39 Å². The summed E-state index contributed by atoms with van der Waals surface area (Å²) in [7, 11) is 0. The van der Waals surface area contributed by atoms with Crippen LogP contribution in [0.1, 0.15) is 11.8 Å². The zero-order valence-electron chi connectivity index (χ0n) is 14.6. The molecular formula is C18H24Cl2FN3OS. The fourth-order valence-corrected chi connectivity index (χ4v) is 3.94. The SMILES string of the molecule is C[C@@H](N)C(=O)N1CCN(Cc2ccc(-c3cccc(F)c3)s2)CC1.Cl.Cl. The van der Waals surface area contributed by atoms with Crippen LogP contribution in [-0.4, -0.2) is 47.9 Å². The van der Waals surface area contributed by atoms with Crippen LogP contribution in [0.4, 0.5) is 4.39 Å². The molecule has 1 saturated heterocycles. The van der Waals surface area contributed by atoms with Crippen LogP contribution in [-0.2, 0) is 11.3 Å². The molecule has 2 N–H and O–H groups in total. The van der Waals surface area contributed by atoms with Gasteiger partial charge in [-0.15, -0.1) is 36.2 Å². The van der Waals surface area contributed by atoms with Gasteiger partial charge in [-0.1, -0.05) is 12.1 Å². The smallest absolute Gasteiger partial charge is 0.239 e. The van der Waals surface area contributed by atoms with Gasteiger partial charge in [0.15, 0.2) is 0 Å². The van der Waals surface area contributed by atoms with Gasteiger partial charge in [0.2, 0.25) is 5.91 Å². The second-order valence-corrected chi connectivity index (χ2v) is 7.33. The molecule has 0 radical (unpaired) electrons. The third kappa shape index (κ3) is 5.66. The van der Waals surface area contributed by atoms with E-state index in [2.05, 4.69) is 11.0 Å². The van der Waals surface area contributed by atoms with Gasteiger partial charge in [0.25, 0.3) is 0 Å². The molecule has 3 rings (SSSR count). The molecule has 2 heterocycles. The number of piperazine rings is 1. The van der Waals surface area contributed by atoms with E-state index in [-0.39, 0.29) is 36.5 Å². The molecule has 0 aliphatic carbocycles. The van der Waals surface area contributed by atoms with Gasteiger partial charge in [0.1, 0.15) is 5.82 Å². The zero-order chi connectivity index (χ0) is 17.1. The van der Waals surface area contributed by atoms with E-state index in [0.29, 0.717) is 0 Å². The van der Waals surface area contributed by atoms with Crippen LogP contribution >= 0.6 is 36.2 Å². The van der Waals surface area contributed by atoms with Crippen molar-refractivity contribution in [2.45, 2.75) is 19.5 Å². The van der Waals surface area contributed by atoms with Gasteiger partial charge in [0, 0.05) is 42.5 Å². The number of nitrogens with zero attached hydrogens (tertiary/aromatic N) is 2. The number of nitrogens with two attached hydrogens (primary N) is 1. The second kappa shape index (κ2) is 10.2. The summed E-state index contributed by atoms with van der Waals surface area (Å²) in [6.07, 6.45) is 0. The molecule has 4 nitrogen and oxygen atoms in total. The predicted molar refractivity (Wildman–Crippen MR) is 110 cm³/mol. The molecule has 1 aromatic carbocycles. The number of benzene rings is 1. The van der Waals surface area contributed by atoms with Crippen molar-refractivity contribution < 1.29 is 9.18 Å². The minimum atomic E-state index is -0.428. The summed E-state index contributed by atoms with van der Waals surface area (Å²) < 4.78 is 13.3. The molecule has 1 atom stereocenters. The Bertz CT molecular complexity index is 718. The Hall–Kier alpha value is -1.18. The van der Waals surface area contributed by atoms with Crippen molar-refractivity contribution in [2.24, 2.45) is 5.73 Å². The predicted octanol–water partition coefficient (Wildman–Crippen LogP) is 3.39. The van der Waals surface area contributed by atoms with Gasteiger partial charge in [-0.05, 0) is 36.8 Å². The topological polar surface area (TPSA) is 49.6 Å². The van der Waals surface area contributed by atoms with Crippen LogP contribution in [0, 0.1) is 5.82 Å². The Morgan fingerprint density at radius 3 is 2.50 bits per heavy atom. The third-order valence-electron chi connectivity index (χ3n) is 4.22. The third-order valence-corrected chi connectivity index (χ3v) is 5.34. The Morgan fingerprint density at radius 1 is 1.19 bits per heavy atom. The van der Waals surface area contributed by atoms with Gasteiger partial charge < -0.3 is 10.6 Å². The van der Waals surface area contributed by atoms with Crippen LogP contribution in [0.2, 0.25) is 0 Å². The Kier molecular flexibility index (Phi) is 9.00. The van der Waals surface area contributed by atoms with Gasteiger partial charge in [0.05, 0.1) is 6.04 Å². The number of hydrogen-bond donors (Lipinski definition) is 1. The maximum atomic E-state index is 13.3. The van der Waals surface area contributed by atoms with Crippen molar-refractivity contribution in [3.05, 3.63) is 47.1 Å². The molecule has 1 amide bonds. The number of amides is 1. The van der Waals surface area contributed by atoms with Crippen molar-refractivity contribution in [3.8, 4) is 10.4 Å². The molecule has 0 saturated carbocycles. The van der Waals surface area contributed by atoms with E-state index < -0.39 is 6.04 Å². The van der Waals surface area contributed by atoms with Gasteiger partial charge in [-0.2, -0.15) is 0 Å². The number of carbonyl (C=O) groups is 1. The average molecular weight is 420 g/mol. The molecule has 0 bridgehead atoms. The summed E-state index contributed by atoms with van der Waals surface area (Å²) in [6.45, 7) is 5.75. The highest BCUT2D eigenvalue weighted by Gasteiger charge is 2.23. The van der Waals surface area contributed by atoms with Crippen molar-refractivity contribution >= 4 is 42.1 Å².